The molecule has 0 aliphatic rings. The largest absolute Gasteiger partial charge is 0.477 e. The van der Waals surface area contributed by atoms with Crippen LogP contribution in [0.1, 0.15) is 10.5 Å². The number of anilines is 1. The van der Waals surface area contributed by atoms with Gasteiger partial charge in [0, 0.05) is 16.3 Å². The summed E-state index contributed by atoms with van der Waals surface area (Å²) in [6.45, 7) is 0. The second kappa shape index (κ2) is 3.21. The SMILES string of the molecule is Nc1nc(C(=O)O)cc2c1[nH]c1ccccc12. The van der Waals surface area contributed by atoms with Gasteiger partial charge in [-0.3, -0.25) is 0 Å². The Labute approximate surface area is 95.9 Å². The molecule has 0 radical (unpaired) electrons. The molecule has 2 heterocycles. The van der Waals surface area contributed by atoms with Crippen LogP contribution in [0.5, 0.6) is 0 Å². The molecule has 0 fully saturated rings. The number of pyridine rings is 1. The average Bonchev–Trinajstić information content (AvgIpc) is 2.68. The maximum atomic E-state index is 10.9. The Kier molecular flexibility index (Phi) is 1.82. The van der Waals surface area contributed by atoms with Crippen molar-refractivity contribution in [2.75, 3.05) is 5.73 Å². The molecule has 17 heavy (non-hydrogen) atoms. The summed E-state index contributed by atoms with van der Waals surface area (Å²) in [4.78, 5) is 17.9. The molecule has 0 saturated heterocycles. The number of carboxylic acid groups (broad SMARTS) is 1. The third kappa shape index (κ3) is 1.32. The summed E-state index contributed by atoms with van der Waals surface area (Å²) in [5.41, 5.74) is 7.30. The van der Waals surface area contributed by atoms with Gasteiger partial charge >= 0.3 is 5.97 Å². The zero-order chi connectivity index (χ0) is 12.0. The van der Waals surface area contributed by atoms with Crippen LogP contribution in [-0.2, 0) is 0 Å². The number of aromatic nitrogens is 2. The van der Waals surface area contributed by atoms with Crippen molar-refractivity contribution in [2.24, 2.45) is 0 Å². The van der Waals surface area contributed by atoms with Crippen molar-refractivity contribution >= 4 is 33.6 Å². The van der Waals surface area contributed by atoms with Crippen molar-refractivity contribution in [3.63, 3.8) is 0 Å². The molecule has 0 saturated carbocycles. The molecule has 5 nitrogen and oxygen atoms in total. The molecular formula is C12H9N3O2. The van der Waals surface area contributed by atoms with E-state index < -0.39 is 5.97 Å². The molecule has 84 valence electrons. The van der Waals surface area contributed by atoms with E-state index in [0.717, 1.165) is 16.3 Å². The first-order chi connectivity index (χ1) is 8.16. The van der Waals surface area contributed by atoms with Gasteiger partial charge in [0.2, 0.25) is 0 Å². The highest BCUT2D eigenvalue weighted by Crippen LogP contribution is 2.28. The predicted molar refractivity (Wildman–Crippen MR) is 65.0 cm³/mol. The van der Waals surface area contributed by atoms with Crippen LogP contribution in [0.25, 0.3) is 21.8 Å². The van der Waals surface area contributed by atoms with Crippen molar-refractivity contribution in [1.82, 2.24) is 9.97 Å². The number of hydrogen-bond donors (Lipinski definition) is 3. The number of nitrogens with one attached hydrogen (secondary N) is 1. The summed E-state index contributed by atoms with van der Waals surface area (Å²) in [5, 5.41) is 10.7. The molecule has 3 rings (SSSR count). The molecule has 0 bridgehead atoms. The van der Waals surface area contributed by atoms with Crippen molar-refractivity contribution in [3.05, 3.63) is 36.0 Å². The van der Waals surface area contributed by atoms with Crippen molar-refractivity contribution in [1.29, 1.82) is 0 Å². The van der Waals surface area contributed by atoms with E-state index in [1.165, 1.54) is 6.07 Å². The zero-order valence-electron chi connectivity index (χ0n) is 8.77. The number of para-hydroxylation sites is 1. The van der Waals surface area contributed by atoms with E-state index >= 15 is 0 Å². The molecule has 0 aliphatic carbocycles. The van der Waals surface area contributed by atoms with Gasteiger partial charge in [-0.1, -0.05) is 18.2 Å². The Morgan fingerprint density at radius 2 is 2.06 bits per heavy atom. The highest BCUT2D eigenvalue weighted by molar-refractivity contribution is 6.11. The number of nitrogens with zero attached hydrogens (tertiary/aromatic N) is 1. The number of aromatic amines is 1. The maximum absolute atomic E-state index is 10.9. The standard InChI is InChI=1S/C12H9N3O2/c13-11-10-7(5-9(15-11)12(16)17)6-3-1-2-4-8(6)14-10/h1-5,14H,(H2,13,15)(H,16,17). The molecule has 0 aliphatic heterocycles. The molecule has 0 unspecified atom stereocenters. The van der Waals surface area contributed by atoms with Gasteiger partial charge in [0.05, 0.1) is 5.52 Å². The van der Waals surface area contributed by atoms with E-state index in [1.807, 2.05) is 24.3 Å². The lowest BCUT2D eigenvalue weighted by molar-refractivity contribution is 0.0691. The normalized spacial score (nSPS) is 11.1. The Bertz CT molecular complexity index is 746. The van der Waals surface area contributed by atoms with E-state index in [-0.39, 0.29) is 11.5 Å². The second-order valence-corrected chi connectivity index (χ2v) is 3.79. The highest BCUT2D eigenvalue weighted by Gasteiger charge is 2.12. The molecule has 0 amide bonds. The number of benzene rings is 1. The second-order valence-electron chi connectivity index (χ2n) is 3.79. The van der Waals surface area contributed by atoms with Crippen LogP contribution in [0.15, 0.2) is 30.3 Å². The van der Waals surface area contributed by atoms with E-state index in [9.17, 15) is 4.79 Å². The van der Waals surface area contributed by atoms with Gasteiger partial charge < -0.3 is 15.8 Å². The van der Waals surface area contributed by atoms with Crippen LogP contribution in [0.3, 0.4) is 0 Å². The van der Waals surface area contributed by atoms with Gasteiger partial charge in [-0.25, -0.2) is 9.78 Å². The summed E-state index contributed by atoms with van der Waals surface area (Å²) in [5.74, 6) is -0.875. The molecule has 2 aromatic heterocycles. The fourth-order valence-electron chi connectivity index (χ4n) is 1.98. The number of carboxylic acids is 1. The van der Waals surface area contributed by atoms with E-state index in [1.54, 1.807) is 0 Å². The third-order valence-corrected chi connectivity index (χ3v) is 2.74. The minimum atomic E-state index is -1.08. The van der Waals surface area contributed by atoms with E-state index in [4.69, 9.17) is 10.8 Å². The Hall–Kier alpha value is -2.56. The van der Waals surface area contributed by atoms with Crippen LogP contribution in [0.4, 0.5) is 5.82 Å². The van der Waals surface area contributed by atoms with Gasteiger partial charge in [-0.15, -0.1) is 0 Å². The number of aromatic carboxylic acids is 1. The lowest BCUT2D eigenvalue weighted by Crippen LogP contribution is -2.03. The fourth-order valence-corrected chi connectivity index (χ4v) is 1.98. The minimum Gasteiger partial charge on any atom is -0.477 e. The molecule has 0 atom stereocenters. The van der Waals surface area contributed by atoms with Gasteiger partial charge in [0.25, 0.3) is 0 Å². The van der Waals surface area contributed by atoms with Gasteiger partial charge in [-0.2, -0.15) is 0 Å². The number of carbonyl (C=O) groups is 1. The Morgan fingerprint density at radius 1 is 1.29 bits per heavy atom. The lowest BCUT2D eigenvalue weighted by atomic mass is 10.1. The van der Waals surface area contributed by atoms with Crippen LogP contribution >= 0.6 is 0 Å². The summed E-state index contributed by atoms with van der Waals surface area (Å²) in [6, 6.07) is 9.16. The number of hydrogen-bond acceptors (Lipinski definition) is 3. The summed E-state index contributed by atoms with van der Waals surface area (Å²) < 4.78 is 0. The number of nitrogens with two attached hydrogens (primary N) is 1. The molecule has 4 N–H and O–H groups in total. The Balaban J connectivity index is 2.50. The predicted octanol–water partition coefficient (Wildman–Crippen LogP) is 2.00. The highest BCUT2D eigenvalue weighted by atomic mass is 16.4. The molecule has 5 heteroatoms. The molecule has 1 aromatic carbocycles. The monoisotopic (exact) mass is 227 g/mol. The average molecular weight is 227 g/mol. The Morgan fingerprint density at radius 3 is 2.82 bits per heavy atom. The van der Waals surface area contributed by atoms with Crippen LogP contribution < -0.4 is 5.73 Å². The first-order valence-corrected chi connectivity index (χ1v) is 5.07. The van der Waals surface area contributed by atoms with Crippen molar-refractivity contribution in [3.8, 4) is 0 Å². The topological polar surface area (TPSA) is 92.0 Å². The van der Waals surface area contributed by atoms with Gasteiger partial charge in [-0.05, 0) is 12.1 Å². The van der Waals surface area contributed by atoms with Crippen molar-refractivity contribution < 1.29 is 9.90 Å². The fraction of sp³-hybridized carbons (Fsp3) is 0. The van der Waals surface area contributed by atoms with Gasteiger partial charge in [0.1, 0.15) is 5.82 Å². The first kappa shape index (κ1) is 9.65. The maximum Gasteiger partial charge on any atom is 0.354 e. The van der Waals surface area contributed by atoms with E-state index in [0.29, 0.717) is 5.52 Å². The van der Waals surface area contributed by atoms with Crippen LogP contribution in [0.2, 0.25) is 0 Å². The third-order valence-electron chi connectivity index (χ3n) is 2.74. The van der Waals surface area contributed by atoms with Crippen molar-refractivity contribution in [2.45, 2.75) is 0 Å². The van der Waals surface area contributed by atoms with Crippen LogP contribution in [-0.4, -0.2) is 21.0 Å². The molecular weight excluding hydrogens is 218 g/mol. The number of nitrogen functional groups attached to an aromatic ring is 1. The minimum absolute atomic E-state index is 0.0419. The quantitative estimate of drug-likeness (QED) is 0.592. The number of H-pyrrole nitrogens is 1. The lowest BCUT2D eigenvalue weighted by Gasteiger charge is -1.98. The summed E-state index contributed by atoms with van der Waals surface area (Å²) >= 11 is 0. The van der Waals surface area contributed by atoms with Crippen LogP contribution in [0, 0.1) is 0 Å². The van der Waals surface area contributed by atoms with Gasteiger partial charge in [0.15, 0.2) is 5.69 Å². The first-order valence-electron chi connectivity index (χ1n) is 5.07. The molecule has 3 aromatic rings. The smallest absolute Gasteiger partial charge is 0.354 e. The van der Waals surface area contributed by atoms with E-state index in [2.05, 4.69) is 9.97 Å². The molecule has 0 spiro atoms. The summed E-state index contributed by atoms with van der Waals surface area (Å²) in [6.07, 6.45) is 0. The number of fused-ring (bicyclic) bond motifs is 3. The zero-order valence-corrected chi connectivity index (χ0v) is 8.77. The number of rotatable bonds is 1. The summed E-state index contributed by atoms with van der Waals surface area (Å²) in [7, 11) is 0.